The van der Waals surface area contributed by atoms with Crippen LogP contribution in [-0.4, -0.2) is 24.4 Å². The highest BCUT2D eigenvalue weighted by atomic mass is 19.4. The minimum absolute atomic E-state index is 0.167. The van der Waals surface area contributed by atoms with Gasteiger partial charge in [-0.3, -0.25) is 4.84 Å². The Hall–Kier alpha value is -0.820. The van der Waals surface area contributed by atoms with Gasteiger partial charge in [0.15, 0.2) is 0 Å². The summed E-state index contributed by atoms with van der Waals surface area (Å²) in [5.74, 6) is 3.00. The molecule has 1 unspecified atom stereocenters. The van der Waals surface area contributed by atoms with Crippen molar-refractivity contribution in [1.82, 2.24) is 0 Å². The Morgan fingerprint density at radius 1 is 1.36 bits per heavy atom. The molecule has 0 radical (unpaired) electrons. The normalized spacial score (nSPS) is 16.1. The Morgan fingerprint density at radius 3 is 2.07 bits per heavy atom. The Labute approximate surface area is 79.1 Å². The van der Waals surface area contributed by atoms with Gasteiger partial charge >= 0.3 is 12.1 Å². The van der Waals surface area contributed by atoms with Gasteiger partial charge in [0, 0.05) is 0 Å². The van der Waals surface area contributed by atoms with E-state index in [9.17, 15) is 18.0 Å². The second-order valence-corrected chi connectivity index (χ2v) is 2.52. The first-order chi connectivity index (χ1) is 6.35. The molecule has 1 atom stereocenters. The molecule has 4 nitrogen and oxygen atoms in total. The van der Waals surface area contributed by atoms with Crippen LogP contribution in [0.3, 0.4) is 0 Å². The fourth-order valence-electron chi connectivity index (χ4n) is 0.906. The van der Waals surface area contributed by atoms with Crippen molar-refractivity contribution in [3.8, 4) is 0 Å². The molecule has 84 valence electrons. The fraction of sp³-hybridized carbons (Fsp3) is 0.857. The van der Waals surface area contributed by atoms with Gasteiger partial charge in [0.25, 0.3) is 5.60 Å². The number of hydrogen-bond acceptors (Lipinski definition) is 4. The zero-order chi connectivity index (χ0) is 11.4. The van der Waals surface area contributed by atoms with Crippen LogP contribution < -0.4 is 5.90 Å². The van der Waals surface area contributed by atoms with Gasteiger partial charge in [-0.25, -0.2) is 10.7 Å². The summed E-state index contributed by atoms with van der Waals surface area (Å²) in [4.78, 5) is 14.8. The summed E-state index contributed by atoms with van der Waals surface area (Å²) in [6.07, 6.45) is -5.52. The minimum atomic E-state index is -4.89. The van der Waals surface area contributed by atoms with Crippen LogP contribution in [-0.2, 0) is 14.4 Å². The maximum absolute atomic E-state index is 12.4. The van der Waals surface area contributed by atoms with E-state index in [-0.39, 0.29) is 6.61 Å². The van der Waals surface area contributed by atoms with Crippen molar-refractivity contribution in [2.24, 2.45) is 5.90 Å². The monoisotopic (exact) mass is 215 g/mol. The topological polar surface area (TPSA) is 61.5 Å². The standard InChI is InChI=1S/C7H12F3NO3/c1-3-6(14-11,7(8,9)10)5(12)13-4-2/h3-4,11H2,1-2H3. The molecule has 0 bridgehead atoms. The molecule has 14 heavy (non-hydrogen) atoms. The smallest absolute Gasteiger partial charge is 0.430 e. The van der Waals surface area contributed by atoms with Crippen molar-refractivity contribution in [2.45, 2.75) is 32.0 Å². The molecule has 0 aliphatic carbocycles. The number of halogens is 3. The lowest BCUT2D eigenvalue weighted by atomic mass is 10.0. The summed E-state index contributed by atoms with van der Waals surface area (Å²) in [7, 11) is 0. The van der Waals surface area contributed by atoms with Gasteiger partial charge in [-0.15, -0.1) is 0 Å². The molecule has 0 fully saturated rings. The number of carbonyl (C=O) groups excluding carboxylic acids is 1. The van der Waals surface area contributed by atoms with Gasteiger partial charge in [0.05, 0.1) is 6.61 Å². The highest BCUT2D eigenvalue weighted by Crippen LogP contribution is 2.36. The first-order valence-corrected chi connectivity index (χ1v) is 3.97. The number of esters is 1. The summed E-state index contributed by atoms with van der Waals surface area (Å²) in [6.45, 7) is 2.36. The first-order valence-electron chi connectivity index (χ1n) is 3.97. The predicted molar refractivity (Wildman–Crippen MR) is 41.0 cm³/mol. The maximum Gasteiger partial charge on any atom is 0.430 e. The van der Waals surface area contributed by atoms with Crippen molar-refractivity contribution in [3.63, 3.8) is 0 Å². The quantitative estimate of drug-likeness (QED) is 0.564. The largest absolute Gasteiger partial charge is 0.464 e. The highest BCUT2D eigenvalue weighted by Gasteiger charge is 2.62. The summed E-state index contributed by atoms with van der Waals surface area (Å²) in [5, 5.41) is 0. The molecule has 0 saturated heterocycles. The van der Waals surface area contributed by atoms with E-state index in [1.165, 1.54) is 6.92 Å². The zero-order valence-corrected chi connectivity index (χ0v) is 7.85. The number of ether oxygens (including phenoxy) is 1. The van der Waals surface area contributed by atoms with Crippen LogP contribution in [0.25, 0.3) is 0 Å². The third kappa shape index (κ3) is 2.16. The van der Waals surface area contributed by atoms with E-state index < -0.39 is 24.2 Å². The Morgan fingerprint density at radius 2 is 1.86 bits per heavy atom. The summed E-state index contributed by atoms with van der Waals surface area (Å²) in [6, 6.07) is 0. The van der Waals surface area contributed by atoms with E-state index in [2.05, 4.69) is 15.5 Å². The average Bonchev–Trinajstić information content (AvgIpc) is 2.05. The lowest BCUT2D eigenvalue weighted by Crippen LogP contribution is -2.56. The third-order valence-corrected chi connectivity index (χ3v) is 1.76. The van der Waals surface area contributed by atoms with Crippen molar-refractivity contribution in [1.29, 1.82) is 0 Å². The lowest BCUT2D eigenvalue weighted by molar-refractivity contribution is -0.280. The van der Waals surface area contributed by atoms with E-state index in [0.717, 1.165) is 6.92 Å². The fourth-order valence-corrected chi connectivity index (χ4v) is 0.906. The number of rotatable bonds is 4. The number of nitrogens with two attached hydrogens (primary N) is 1. The molecule has 0 spiro atoms. The van der Waals surface area contributed by atoms with E-state index in [0.29, 0.717) is 0 Å². The van der Waals surface area contributed by atoms with Gasteiger partial charge in [-0.05, 0) is 13.3 Å². The third-order valence-electron chi connectivity index (χ3n) is 1.76. The van der Waals surface area contributed by atoms with E-state index in [1.807, 2.05) is 0 Å². The van der Waals surface area contributed by atoms with Crippen molar-refractivity contribution >= 4 is 5.97 Å². The van der Waals surface area contributed by atoms with Gasteiger partial charge in [0.1, 0.15) is 0 Å². The average molecular weight is 215 g/mol. The second kappa shape index (κ2) is 4.61. The van der Waals surface area contributed by atoms with Gasteiger partial charge in [-0.1, -0.05) is 6.92 Å². The molecule has 7 heteroatoms. The number of alkyl halides is 3. The number of hydrogen-bond donors (Lipinski definition) is 1. The van der Waals surface area contributed by atoms with E-state index in [4.69, 9.17) is 0 Å². The van der Waals surface area contributed by atoms with Gasteiger partial charge in [0.2, 0.25) is 0 Å². The van der Waals surface area contributed by atoms with Crippen LogP contribution in [0, 0.1) is 0 Å². The number of carbonyl (C=O) groups is 1. The van der Waals surface area contributed by atoms with Crippen LogP contribution in [0.5, 0.6) is 0 Å². The van der Waals surface area contributed by atoms with Gasteiger partial charge in [-0.2, -0.15) is 13.2 Å². The Bertz CT molecular complexity index is 201. The van der Waals surface area contributed by atoms with Crippen LogP contribution in [0.2, 0.25) is 0 Å². The molecule has 0 rings (SSSR count). The molecule has 0 saturated carbocycles. The maximum atomic E-state index is 12.4. The lowest BCUT2D eigenvalue weighted by Gasteiger charge is -2.29. The minimum Gasteiger partial charge on any atom is -0.464 e. The predicted octanol–water partition coefficient (Wildman–Crippen LogP) is 1.15. The van der Waals surface area contributed by atoms with Crippen molar-refractivity contribution in [3.05, 3.63) is 0 Å². The van der Waals surface area contributed by atoms with Crippen LogP contribution in [0.15, 0.2) is 0 Å². The Balaban J connectivity index is 4.98. The highest BCUT2D eigenvalue weighted by molar-refractivity contribution is 5.80. The van der Waals surface area contributed by atoms with E-state index >= 15 is 0 Å². The molecular formula is C7H12F3NO3. The molecular weight excluding hydrogens is 203 g/mol. The summed E-state index contributed by atoms with van der Waals surface area (Å²) in [5.41, 5.74) is -3.05. The first kappa shape index (κ1) is 13.2. The van der Waals surface area contributed by atoms with Crippen LogP contribution >= 0.6 is 0 Å². The van der Waals surface area contributed by atoms with Crippen molar-refractivity contribution in [2.75, 3.05) is 6.61 Å². The Kier molecular flexibility index (Phi) is 4.34. The summed E-state index contributed by atoms with van der Waals surface area (Å²) >= 11 is 0. The second-order valence-electron chi connectivity index (χ2n) is 2.52. The molecule has 0 aromatic heterocycles. The molecule has 0 amide bonds. The molecule has 0 aliphatic heterocycles. The molecule has 0 aromatic carbocycles. The molecule has 0 aromatic rings. The van der Waals surface area contributed by atoms with Crippen LogP contribution in [0.1, 0.15) is 20.3 Å². The molecule has 0 aliphatic rings. The van der Waals surface area contributed by atoms with Gasteiger partial charge < -0.3 is 4.74 Å². The van der Waals surface area contributed by atoms with Crippen LogP contribution in [0.4, 0.5) is 13.2 Å². The van der Waals surface area contributed by atoms with E-state index in [1.54, 1.807) is 0 Å². The van der Waals surface area contributed by atoms with Crippen molar-refractivity contribution < 1.29 is 27.5 Å². The SMILES string of the molecule is CCOC(=O)C(CC)(ON)C(F)(F)F. The summed E-state index contributed by atoms with van der Waals surface area (Å²) < 4.78 is 41.6. The molecule has 0 heterocycles. The molecule has 2 N–H and O–H groups in total. The zero-order valence-electron chi connectivity index (χ0n) is 7.85.